The number of halogens is 2. The molecular formula is C12H9Cl2N3O. The molecule has 0 spiro atoms. The van der Waals surface area contributed by atoms with Gasteiger partial charge in [0.15, 0.2) is 10.3 Å². The normalized spacial score (nSPS) is 10.2. The molecule has 0 atom stereocenters. The smallest absolute Gasteiger partial charge is 0.261 e. The topological polar surface area (TPSA) is 46.1 Å². The summed E-state index contributed by atoms with van der Waals surface area (Å²) in [5, 5.41) is 7.34. The van der Waals surface area contributed by atoms with Crippen LogP contribution in [0.4, 0.5) is 5.69 Å². The highest BCUT2D eigenvalue weighted by molar-refractivity contribution is 6.34. The lowest BCUT2D eigenvalue weighted by Crippen LogP contribution is -2.26. The minimum Gasteiger partial charge on any atom is -0.311 e. The van der Waals surface area contributed by atoms with Gasteiger partial charge >= 0.3 is 0 Å². The zero-order valence-corrected chi connectivity index (χ0v) is 11.0. The van der Waals surface area contributed by atoms with Crippen LogP contribution >= 0.6 is 23.2 Å². The third-order valence-electron chi connectivity index (χ3n) is 2.40. The van der Waals surface area contributed by atoms with Crippen LogP contribution in [0, 0.1) is 0 Å². The van der Waals surface area contributed by atoms with Crippen molar-refractivity contribution in [1.29, 1.82) is 0 Å². The van der Waals surface area contributed by atoms with E-state index in [1.165, 1.54) is 11.0 Å². The number of hydrogen-bond acceptors (Lipinski definition) is 3. The van der Waals surface area contributed by atoms with Crippen LogP contribution in [0.3, 0.4) is 0 Å². The molecule has 0 saturated heterocycles. The molecule has 0 aliphatic carbocycles. The van der Waals surface area contributed by atoms with Crippen molar-refractivity contribution in [3.63, 3.8) is 0 Å². The second kappa shape index (κ2) is 5.33. The van der Waals surface area contributed by atoms with Crippen LogP contribution in [0.1, 0.15) is 10.4 Å². The molecule has 1 aromatic heterocycles. The maximum atomic E-state index is 12.2. The molecular weight excluding hydrogens is 273 g/mol. The molecule has 92 valence electrons. The van der Waals surface area contributed by atoms with E-state index in [0.717, 1.165) is 5.69 Å². The molecule has 0 fully saturated rings. The first-order valence-electron chi connectivity index (χ1n) is 5.11. The zero-order chi connectivity index (χ0) is 13.1. The maximum absolute atomic E-state index is 12.2. The molecule has 1 aromatic carbocycles. The summed E-state index contributed by atoms with van der Waals surface area (Å²) in [6.07, 6.45) is 0. The number of nitrogens with zero attached hydrogens (tertiary/aromatic N) is 3. The fourth-order valence-electron chi connectivity index (χ4n) is 1.45. The summed E-state index contributed by atoms with van der Waals surface area (Å²) in [5.41, 5.74) is 0.981. The zero-order valence-electron chi connectivity index (χ0n) is 9.47. The molecule has 0 unspecified atom stereocenters. The van der Waals surface area contributed by atoms with Crippen LogP contribution in [-0.4, -0.2) is 23.2 Å². The summed E-state index contributed by atoms with van der Waals surface area (Å²) in [7, 11) is 1.66. The lowest BCUT2D eigenvalue weighted by Gasteiger charge is -2.17. The van der Waals surface area contributed by atoms with Crippen LogP contribution in [0.25, 0.3) is 0 Å². The van der Waals surface area contributed by atoms with Crippen molar-refractivity contribution < 1.29 is 4.79 Å². The number of benzene rings is 1. The summed E-state index contributed by atoms with van der Waals surface area (Å²) in [6, 6.07) is 10.6. The fraction of sp³-hybridized carbons (Fsp3) is 0.0833. The Kier molecular flexibility index (Phi) is 3.79. The van der Waals surface area contributed by atoms with Gasteiger partial charge < -0.3 is 4.90 Å². The summed E-state index contributed by atoms with van der Waals surface area (Å²) < 4.78 is 0. The Bertz CT molecular complexity index is 575. The predicted octanol–water partition coefficient (Wildman–Crippen LogP) is 3.06. The van der Waals surface area contributed by atoms with Crippen LogP contribution in [-0.2, 0) is 0 Å². The molecule has 0 N–H and O–H groups in total. The highest BCUT2D eigenvalue weighted by atomic mass is 35.5. The molecule has 18 heavy (non-hydrogen) atoms. The Morgan fingerprint density at radius 1 is 1.17 bits per heavy atom. The minimum absolute atomic E-state index is 0.0344. The van der Waals surface area contributed by atoms with Gasteiger partial charge in [-0.2, -0.15) is 0 Å². The monoisotopic (exact) mass is 281 g/mol. The van der Waals surface area contributed by atoms with Crippen LogP contribution in [0.5, 0.6) is 0 Å². The number of rotatable bonds is 2. The van der Waals surface area contributed by atoms with Gasteiger partial charge in [0, 0.05) is 12.7 Å². The van der Waals surface area contributed by atoms with Gasteiger partial charge in [-0.25, -0.2) is 0 Å². The number of hydrogen-bond donors (Lipinski definition) is 0. The van der Waals surface area contributed by atoms with Crippen molar-refractivity contribution in [2.45, 2.75) is 0 Å². The van der Waals surface area contributed by atoms with Crippen LogP contribution < -0.4 is 4.90 Å². The number of para-hydroxylation sites is 1. The van der Waals surface area contributed by atoms with E-state index in [0.29, 0.717) is 0 Å². The second-order valence-electron chi connectivity index (χ2n) is 3.57. The molecule has 0 bridgehead atoms. The first-order chi connectivity index (χ1) is 8.59. The Morgan fingerprint density at radius 3 is 2.50 bits per heavy atom. The van der Waals surface area contributed by atoms with E-state index in [9.17, 15) is 4.79 Å². The standard InChI is InChI=1S/C12H9Cl2N3O/c1-17(8-5-3-2-4-6-8)12(18)9-7-10(13)15-16-11(9)14/h2-7H,1H3. The van der Waals surface area contributed by atoms with Gasteiger partial charge in [0.25, 0.3) is 5.91 Å². The molecule has 6 heteroatoms. The van der Waals surface area contributed by atoms with Crippen molar-refractivity contribution in [2.75, 3.05) is 11.9 Å². The van der Waals surface area contributed by atoms with E-state index in [1.807, 2.05) is 30.3 Å². The largest absolute Gasteiger partial charge is 0.311 e. The lowest BCUT2D eigenvalue weighted by molar-refractivity contribution is 0.0992. The van der Waals surface area contributed by atoms with Gasteiger partial charge in [0.1, 0.15) is 0 Å². The van der Waals surface area contributed by atoms with Crippen molar-refractivity contribution in [3.8, 4) is 0 Å². The first-order valence-corrected chi connectivity index (χ1v) is 5.87. The Hall–Kier alpha value is -1.65. The lowest BCUT2D eigenvalue weighted by atomic mass is 10.2. The van der Waals surface area contributed by atoms with E-state index in [2.05, 4.69) is 10.2 Å². The maximum Gasteiger partial charge on any atom is 0.261 e. The van der Waals surface area contributed by atoms with Gasteiger partial charge in [-0.05, 0) is 18.2 Å². The Balaban J connectivity index is 2.34. The van der Waals surface area contributed by atoms with E-state index < -0.39 is 0 Å². The van der Waals surface area contributed by atoms with Crippen molar-refractivity contribution in [3.05, 3.63) is 52.3 Å². The van der Waals surface area contributed by atoms with Crippen molar-refractivity contribution in [1.82, 2.24) is 10.2 Å². The third kappa shape index (κ3) is 2.60. The molecule has 0 radical (unpaired) electrons. The second-order valence-corrected chi connectivity index (χ2v) is 4.32. The molecule has 0 aliphatic rings. The van der Waals surface area contributed by atoms with Gasteiger partial charge in [-0.15, -0.1) is 10.2 Å². The third-order valence-corrected chi connectivity index (χ3v) is 2.86. The summed E-state index contributed by atoms with van der Waals surface area (Å²) in [6.45, 7) is 0. The van der Waals surface area contributed by atoms with Crippen LogP contribution in [0.2, 0.25) is 10.3 Å². The van der Waals surface area contributed by atoms with Crippen molar-refractivity contribution in [2.24, 2.45) is 0 Å². The Morgan fingerprint density at radius 2 is 1.83 bits per heavy atom. The number of amides is 1. The average Bonchev–Trinajstić information content (AvgIpc) is 2.41. The average molecular weight is 282 g/mol. The van der Waals surface area contributed by atoms with Gasteiger partial charge in [-0.3, -0.25) is 4.79 Å². The van der Waals surface area contributed by atoms with Crippen LogP contribution in [0.15, 0.2) is 36.4 Å². The highest BCUT2D eigenvalue weighted by Crippen LogP contribution is 2.20. The van der Waals surface area contributed by atoms with E-state index in [1.54, 1.807) is 7.05 Å². The van der Waals surface area contributed by atoms with Gasteiger partial charge in [0.05, 0.1) is 5.56 Å². The Labute approximate surface area is 114 Å². The number of carbonyl (C=O) groups is 1. The van der Waals surface area contributed by atoms with E-state index >= 15 is 0 Å². The summed E-state index contributed by atoms with van der Waals surface area (Å²) in [4.78, 5) is 13.7. The molecule has 2 aromatic rings. The molecule has 2 rings (SSSR count). The number of aromatic nitrogens is 2. The predicted molar refractivity (Wildman–Crippen MR) is 71.2 cm³/mol. The minimum atomic E-state index is -0.289. The van der Waals surface area contributed by atoms with Crippen molar-refractivity contribution >= 4 is 34.8 Å². The van der Waals surface area contributed by atoms with E-state index in [4.69, 9.17) is 23.2 Å². The quantitative estimate of drug-likeness (QED) is 0.850. The summed E-state index contributed by atoms with van der Waals surface area (Å²) in [5.74, 6) is -0.289. The number of anilines is 1. The SMILES string of the molecule is CN(C(=O)c1cc(Cl)nnc1Cl)c1ccccc1. The first kappa shape index (κ1) is 12.8. The molecule has 4 nitrogen and oxygen atoms in total. The molecule has 1 heterocycles. The summed E-state index contributed by atoms with van der Waals surface area (Å²) >= 11 is 11.6. The fourth-order valence-corrected chi connectivity index (χ4v) is 1.77. The van der Waals surface area contributed by atoms with E-state index in [-0.39, 0.29) is 21.8 Å². The highest BCUT2D eigenvalue weighted by Gasteiger charge is 2.18. The molecule has 0 saturated carbocycles. The van der Waals surface area contributed by atoms with Gasteiger partial charge in [-0.1, -0.05) is 41.4 Å². The molecule has 0 aliphatic heterocycles. The molecule has 1 amide bonds. The van der Waals surface area contributed by atoms with Gasteiger partial charge in [0.2, 0.25) is 0 Å². The number of carbonyl (C=O) groups excluding carboxylic acids is 1.